The fourth-order valence-electron chi connectivity index (χ4n) is 1.79. The van der Waals surface area contributed by atoms with Crippen molar-refractivity contribution >= 4 is 0 Å². The molecule has 0 N–H and O–H groups in total. The highest BCUT2D eigenvalue weighted by molar-refractivity contribution is 5.29. The molecule has 0 bridgehead atoms. The van der Waals surface area contributed by atoms with Crippen LogP contribution in [0.3, 0.4) is 0 Å². The molecule has 0 saturated heterocycles. The summed E-state index contributed by atoms with van der Waals surface area (Å²) in [6.45, 7) is 2.26. The van der Waals surface area contributed by atoms with Crippen molar-refractivity contribution in [1.82, 2.24) is 0 Å². The number of hydrogen-bond donors (Lipinski definition) is 0. The van der Waals surface area contributed by atoms with Gasteiger partial charge in [0.1, 0.15) is 0 Å². The van der Waals surface area contributed by atoms with E-state index < -0.39 is 0 Å². The maximum Gasteiger partial charge on any atom is 0.0198 e. The van der Waals surface area contributed by atoms with Gasteiger partial charge in [-0.15, -0.1) is 0 Å². The molecule has 1 aliphatic carbocycles. The summed E-state index contributed by atoms with van der Waals surface area (Å²) in [5, 5.41) is 0. The van der Waals surface area contributed by atoms with Crippen molar-refractivity contribution in [2.45, 2.75) is 19.3 Å². The smallest absolute Gasteiger partial charge is 0.0198 e. The number of benzene rings is 1. The molecule has 0 spiro atoms. The van der Waals surface area contributed by atoms with Crippen molar-refractivity contribution in [3.05, 3.63) is 60.2 Å². The molecule has 2 atom stereocenters. The van der Waals surface area contributed by atoms with E-state index in [1.54, 1.807) is 0 Å². The average Bonchev–Trinajstić information content (AvgIpc) is 2.44. The first-order valence-corrected chi connectivity index (χ1v) is 5.26. The molecule has 0 heteroatoms. The molecule has 0 aliphatic heterocycles. The quantitative estimate of drug-likeness (QED) is 0.580. The standard InChI is InChI=1S/C14H16/c1-12-6-5-9-14(11-10-12)13-7-3-2-4-8-13/h2-5,7-12,14H,6H2,1H3. The van der Waals surface area contributed by atoms with Crippen molar-refractivity contribution in [2.24, 2.45) is 5.92 Å². The molecule has 0 amide bonds. The normalized spacial score (nSPS) is 26.1. The van der Waals surface area contributed by atoms with E-state index in [2.05, 4.69) is 61.6 Å². The predicted molar refractivity (Wildman–Crippen MR) is 61.2 cm³/mol. The van der Waals surface area contributed by atoms with E-state index in [0.29, 0.717) is 11.8 Å². The summed E-state index contributed by atoms with van der Waals surface area (Å²) in [6.07, 6.45) is 10.4. The second-order valence-corrected chi connectivity index (χ2v) is 3.96. The zero-order valence-corrected chi connectivity index (χ0v) is 8.56. The Labute approximate surface area is 86.0 Å². The predicted octanol–water partition coefficient (Wildman–Crippen LogP) is 3.92. The Balaban J connectivity index is 2.23. The summed E-state index contributed by atoms with van der Waals surface area (Å²) in [5.74, 6) is 1.15. The van der Waals surface area contributed by atoms with Crippen LogP contribution in [0.25, 0.3) is 0 Å². The largest absolute Gasteiger partial charge is 0.0870 e. The minimum atomic E-state index is 0.473. The van der Waals surface area contributed by atoms with Crippen molar-refractivity contribution in [2.75, 3.05) is 0 Å². The van der Waals surface area contributed by atoms with Crippen LogP contribution in [0.2, 0.25) is 0 Å². The third-order valence-electron chi connectivity index (χ3n) is 2.68. The van der Waals surface area contributed by atoms with Crippen LogP contribution >= 0.6 is 0 Å². The molecule has 0 heterocycles. The van der Waals surface area contributed by atoms with Crippen molar-refractivity contribution < 1.29 is 0 Å². The molecule has 0 radical (unpaired) electrons. The zero-order chi connectivity index (χ0) is 9.80. The van der Waals surface area contributed by atoms with Crippen LogP contribution in [0.5, 0.6) is 0 Å². The highest BCUT2D eigenvalue weighted by Crippen LogP contribution is 2.23. The van der Waals surface area contributed by atoms with Crippen LogP contribution in [0, 0.1) is 5.92 Å². The van der Waals surface area contributed by atoms with Gasteiger partial charge in [0.05, 0.1) is 0 Å². The van der Waals surface area contributed by atoms with Crippen LogP contribution in [-0.2, 0) is 0 Å². The van der Waals surface area contributed by atoms with Crippen molar-refractivity contribution in [3.63, 3.8) is 0 Å². The first-order valence-electron chi connectivity index (χ1n) is 5.26. The van der Waals surface area contributed by atoms with Gasteiger partial charge in [-0.1, -0.05) is 61.6 Å². The van der Waals surface area contributed by atoms with Gasteiger partial charge < -0.3 is 0 Å². The van der Waals surface area contributed by atoms with Gasteiger partial charge >= 0.3 is 0 Å². The Morgan fingerprint density at radius 2 is 1.79 bits per heavy atom. The molecule has 0 nitrogen and oxygen atoms in total. The van der Waals surface area contributed by atoms with Crippen LogP contribution in [0.15, 0.2) is 54.6 Å². The second kappa shape index (κ2) is 4.28. The average molecular weight is 184 g/mol. The molecule has 2 unspecified atom stereocenters. The Hall–Kier alpha value is -1.30. The first-order chi connectivity index (χ1) is 6.86. The van der Waals surface area contributed by atoms with Crippen LogP contribution in [0.4, 0.5) is 0 Å². The summed E-state index contributed by atoms with van der Waals surface area (Å²) in [7, 11) is 0. The van der Waals surface area contributed by atoms with E-state index in [0.717, 1.165) is 0 Å². The van der Waals surface area contributed by atoms with Gasteiger partial charge in [0, 0.05) is 5.92 Å². The van der Waals surface area contributed by atoms with E-state index >= 15 is 0 Å². The minimum absolute atomic E-state index is 0.473. The summed E-state index contributed by atoms with van der Waals surface area (Å²) in [6, 6.07) is 10.7. The molecule has 2 rings (SSSR count). The van der Waals surface area contributed by atoms with Gasteiger partial charge in [0.15, 0.2) is 0 Å². The molecule has 0 aromatic heterocycles. The van der Waals surface area contributed by atoms with Gasteiger partial charge in [-0.05, 0) is 17.9 Å². The molecule has 14 heavy (non-hydrogen) atoms. The molecular formula is C14H16. The van der Waals surface area contributed by atoms with Gasteiger partial charge in [0.25, 0.3) is 0 Å². The van der Waals surface area contributed by atoms with Gasteiger partial charge in [-0.2, -0.15) is 0 Å². The lowest BCUT2D eigenvalue weighted by molar-refractivity contribution is 0.747. The molecule has 0 fully saturated rings. The van der Waals surface area contributed by atoms with Gasteiger partial charge in [0.2, 0.25) is 0 Å². The third kappa shape index (κ3) is 2.14. The van der Waals surface area contributed by atoms with E-state index in [1.165, 1.54) is 12.0 Å². The van der Waals surface area contributed by atoms with E-state index in [-0.39, 0.29) is 0 Å². The van der Waals surface area contributed by atoms with Crippen molar-refractivity contribution in [1.29, 1.82) is 0 Å². The maximum absolute atomic E-state index is 2.32. The SMILES string of the molecule is CC1C=CC(c2ccccc2)C=CC1. The van der Waals surface area contributed by atoms with Gasteiger partial charge in [-0.3, -0.25) is 0 Å². The molecule has 0 saturated carbocycles. The Kier molecular flexibility index (Phi) is 2.83. The molecule has 1 aromatic rings. The fraction of sp³-hybridized carbons (Fsp3) is 0.286. The summed E-state index contributed by atoms with van der Waals surface area (Å²) in [5.41, 5.74) is 1.38. The van der Waals surface area contributed by atoms with E-state index in [9.17, 15) is 0 Å². The molecule has 1 aromatic carbocycles. The van der Waals surface area contributed by atoms with Crippen molar-refractivity contribution in [3.8, 4) is 0 Å². The minimum Gasteiger partial charge on any atom is -0.0870 e. The fourth-order valence-corrected chi connectivity index (χ4v) is 1.79. The summed E-state index contributed by atoms with van der Waals surface area (Å²) >= 11 is 0. The first kappa shape index (κ1) is 9.26. The Morgan fingerprint density at radius 3 is 2.57 bits per heavy atom. The molecule has 1 aliphatic rings. The Bertz CT molecular complexity index is 332. The van der Waals surface area contributed by atoms with E-state index in [4.69, 9.17) is 0 Å². The van der Waals surface area contributed by atoms with Crippen LogP contribution in [-0.4, -0.2) is 0 Å². The number of rotatable bonds is 1. The highest BCUT2D eigenvalue weighted by atomic mass is 14.1. The zero-order valence-electron chi connectivity index (χ0n) is 8.56. The Morgan fingerprint density at radius 1 is 1.00 bits per heavy atom. The summed E-state index contributed by atoms with van der Waals surface area (Å²) in [4.78, 5) is 0. The maximum atomic E-state index is 2.32. The lowest BCUT2D eigenvalue weighted by Crippen LogP contribution is -1.89. The monoisotopic (exact) mass is 184 g/mol. The van der Waals surface area contributed by atoms with Gasteiger partial charge in [-0.25, -0.2) is 0 Å². The summed E-state index contributed by atoms with van der Waals surface area (Å²) < 4.78 is 0. The van der Waals surface area contributed by atoms with Crippen LogP contribution in [0.1, 0.15) is 24.8 Å². The van der Waals surface area contributed by atoms with Crippen LogP contribution < -0.4 is 0 Å². The molecular weight excluding hydrogens is 168 g/mol. The number of hydrogen-bond acceptors (Lipinski definition) is 0. The lowest BCUT2D eigenvalue weighted by atomic mass is 9.99. The van der Waals surface area contributed by atoms with E-state index in [1.807, 2.05) is 0 Å². The molecule has 72 valence electrons. The highest BCUT2D eigenvalue weighted by Gasteiger charge is 2.06. The second-order valence-electron chi connectivity index (χ2n) is 3.96. The lowest BCUT2D eigenvalue weighted by Gasteiger charge is -2.06. The number of allylic oxidation sites excluding steroid dienone is 4. The topological polar surface area (TPSA) is 0 Å². The third-order valence-corrected chi connectivity index (χ3v) is 2.68.